The van der Waals surface area contributed by atoms with Gasteiger partial charge in [-0.15, -0.1) is 5.10 Å². The highest BCUT2D eigenvalue weighted by atomic mass is 15.1. The number of fused-ring (bicyclic) bond motifs is 3. The summed E-state index contributed by atoms with van der Waals surface area (Å²) in [6.07, 6.45) is 1.86. The molecule has 4 rings (SSSR count). The van der Waals surface area contributed by atoms with E-state index in [4.69, 9.17) is 0 Å². The molecule has 0 atom stereocenters. The molecule has 2 aromatic heterocycles. The van der Waals surface area contributed by atoms with Gasteiger partial charge in [0.2, 0.25) is 0 Å². The van der Waals surface area contributed by atoms with Crippen LogP contribution in [0.25, 0.3) is 33.1 Å². The smallest absolute Gasteiger partial charge is 0.117 e. The molecule has 0 aliphatic carbocycles. The first-order valence-electron chi connectivity index (χ1n) is 7.01. The van der Waals surface area contributed by atoms with Gasteiger partial charge in [-0.1, -0.05) is 48.0 Å². The number of aromatic nitrogens is 3. The van der Waals surface area contributed by atoms with Crippen molar-refractivity contribution in [2.45, 2.75) is 6.92 Å². The molecule has 3 heteroatoms. The van der Waals surface area contributed by atoms with Crippen LogP contribution < -0.4 is 0 Å². The lowest BCUT2D eigenvalue weighted by Gasteiger charge is -2.05. The van der Waals surface area contributed by atoms with E-state index in [0.29, 0.717) is 0 Å². The van der Waals surface area contributed by atoms with Crippen LogP contribution in [0.15, 0.2) is 54.7 Å². The second-order valence-electron chi connectivity index (χ2n) is 5.40. The zero-order valence-corrected chi connectivity index (χ0v) is 12.0. The summed E-state index contributed by atoms with van der Waals surface area (Å²) in [5.74, 6) is 0. The second-order valence-corrected chi connectivity index (χ2v) is 5.40. The van der Waals surface area contributed by atoms with Gasteiger partial charge >= 0.3 is 0 Å². The third-order valence-electron chi connectivity index (χ3n) is 4.04. The molecule has 0 spiro atoms. The van der Waals surface area contributed by atoms with Gasteiger partial charge in [-0.25, -0.2) is 0 Å². The van der Waals surface area contributed by atoms with Crippen molar-refractivity contribution in [1.82, 2.24) is 14.8 Å². The molecular formula is C18H15N3. The van der Waals surface area contributed by atoms with E-state index >= 15 is 0 Å². The fraction of sp³-hybridized carbons (Fsp3) is 0.111. The van der Waals surface area contributed by atoms with E-state index in [0.717, 1.165) is 22.2 Å². The molecule has 102 valence electrons. The number of rotatable bonds is 1. The van der Waals surface area contributed by atoms with Crippen molar-refractivity contribution >= 4 is 21.8 Å². The molecule has 0 saturated heterocycles. The predicted octanol–water partition coefficient (Wildman–Crippen LogP) is 4.10. The van der Waals surface area contributed by atoms with Crippen LogP contribution >= 0.6 is 0 Å². The molecule has 0 saturated carbocycles. The maximum Gasteiger partial charge on any atom is 0.117 e. The molecular weight excluding hydrogens is 258 g/mol. The van der Waals surface area contributed by atoms with Crippen molar-refractivity contribution in [2.75, 3.05) is 0 Å². The number of hydrogen-bond acceptors (Lipinski definition) is 2. The standard InChI is InChI=1S/C18H15N3/c1-12-7-9-13(10-8-12)17-18-15(11-19-20-17)14-5-3-4-6-16(14)21(18)2/h3-11H,1-2H3. The summed E-state index contributed by atoms with van der Waals surface area (Å²) in [5, 5.41) is 11.0. The molecule has 0 N–H and O–H groups in total. The average Bonchev–Trinajstić information content (AvgIpc) is 2.82. The maximum atomic E-state index is 4.39. The highest BCUT2D eigenvalue weighted by Crippen LogP contribution is 2.32. The lowest BCUT2D eigenvalue weighted by molar-refractivity contribution is 0.989. The number of benzene rings is 2. The normalized spacial score (nSPS) is 11.3. The topological polar surface area (TPSA) is 30.7 Å². The molecule has 3 nitrogen and oxygen atoms in total. The van der Waals surface area contributed by atoms with Crippen molar-refractivity contribution in [2.24, 2.45) is 7.05 Å². The monoisotopic (exact) mass is 273 g/mol. The fourth-order valence-corrected chi connectivity index (χ4v) is 2.94. The van der Waals surface area contributed by atoms with Crippen LogP contribution in [0.5, 0.6) is 0 Å². The Labute approximate surface area is 122 Å². The molecule has 0 unspecified atom stereocenters. The largest absolute Gasteiger partial charge is 0.342 e. The van der Waals surface area contributed by atoms with Crippen LogP contribution in [0, 0.1) is 6.92 Å². The van der Waals surface area contributed by atoms with E-state index in [1.807, 2.05) is 6.20 Å². The zero-order chi connectivity index (χ0) is 14.4. The molecule has 2 aromatic carbocycles. The highest BCUT2D eigenvalue weighted by Gasteiger charge is 2.14. The van der Waals surface area contributed by atoms with E-state index in [1.54, 1.807) is 0 Å². The Kier molecular flexibility index (Phi) is 2.54. The zero-order valence-electron chi connectivity index (χ0n) is 12.0. The summed E-state index contributed by atoms with van der Waals surface area (Å²) in [6, 6.07) is 16.8. The van der Waals surface area contributed by atoms with Crippen LogP contribution in [0.1, 0.15) is 5.56 Å². The van der Waals surface area contributed by atoms with Crippen molar-refractivity contribution in [1.29, 1.82) is 0 Å². The summed E-state index contributed by atoms with van der Waals surface area (Å²) >= 11 is 0. The first-order valence-corrected chi connectivity index (χ1v) is 7.01. The first kappa shape index (κ1) is 12.1. The van der Waals surface area contributed by atoms with Gasteiger partial charge in [0.15, 0.2) is 0 Å². The van der Waals surface area contributed by atoms with Gasteiger partial charge in [0.05, 0.1) is 11.7 Å². The lowest BCUT2D eigenvalue weighted by atomic mass is 10.1. The quantitative estimate of drug-likeness (QED) is 0.523. The Morgan fingerprint density at radius 1 is 0.905 bits per heavy atom. The molecule has 0 aliphatic rings. The molecule has 21 heavy (non-hydrogen) atoms. The van der Waals surface area contributed by atoms with E-state index in [1.165, 1.54) is 16.5 Å². The lowest BCUT2D eigenvalue weighted by Crippen LogP contribution is -1.94. The second kappa shape index (κ2) is 4.42. The van der Waals surface area contributed by atoms with Crippen molar-refractivity contribution in [3.63, 3.8) is 0 Å². The molecule has 0 radical (unpaired) electrons. The average molecular weight is 273 g/mol. The van der Waals surface area contributed by atoms with Crippen LogP contribution in [0.3, 0.4) is 0 Å². The van der Waals surface area contributed by atoms with E-state index in [-0.39, 0.29) is 0 Å². The van der Waals surface area contributed by atoms with E-state index < -0.39 is 0 Å². The summed E-state index contributed by atoms with van der Waals surface area (Å²) in [5.41, 5.74) is 5.62. The van der Waals surface area contributed by atoms with Crippen LogP contribution in [-0.4, -0.2) is 14.8 Å². The first-order chi connectivity index (χ1) is 10.3. The Hall–Kier alpha value is -2.68. The molecule has 0 fully saturated rings. The van der Waals surface area contributed by atoms with Crippen molar-refractivity contribution in [3.05, 3.63) is 60.3 Å². The van der Waals surface area contributed by atoms with Crippen molar-refractivity contribution in [3.8, 4) is 11.3 Å². The van der Waals surface area contributed by atoms with Crippen LogP contribution in [0.2, 0.25) is 0 Å². The van der Waals surface area contributed by atoms with Gasteiger partial charge in [0.25, 0.3) is 0 Å². The summed E-state index contributed by atoms with van der Waals surface area (Å²) in [7, 11) is 2.09. The van der Waals surface area contributed by atoms with E-state index in [2.05, 4.69) is 77.3 Å². The minimum Gasteiger partial charge on any atom is -0.342 e. The van der Waals surface area contributed by atoms with Gasteiger partial charge in [-0.3, -0.25) is 0 Å². The van der Waals surface area contributed by atoms with E-state index in [9.17, 15) is 0 Å². The van der Waals surface area contributed by atoms with Gasteiger partial charge in [0, 0.05) is 28.9 Å². The Bertz CT molecular complexity index is 949. The Morgan fingerprint density at radius 2 is 1.67 bits per heavy atom. The Morgan fingerprint density at radius 3 is 2.48 bits per heavy atom. The minimum atomic E-state index is 0.936. The third-order valence-corrected chi connectivity index (χ3v) is 4.04. The summed E-state index contributed by atoms with van der Waals surface area (Å²) < 4.78 is 2.20. The summed E-state index contributed by atoms with van der Waals surface area (Å²) in [6.45, 7) is 2.09. The van der Waals surface area contributed by atoms with Crippen LogP contribution in [0.4, 0.5) is 0 Å². The number of nitrogens with zero attached hydrogens (tertiary/aromatic N) is 3. The number of hydrogen-bond donors (Lipinski definition) is 0. The Balaban J connectivity index is 2.13. The highest BCUT2D eigenvalue weighted by molar-refractivity contribution is 6.11. The van der Waals surface area contributed by atoms with Gasteiger partial charge in [-0.05, 0) is 13.0 Å². The van der Waals surface area contributed by atoms with Crippen LogP contribution in [-0.2, 0) is 7.05 Å². The van der Waals surface area contributed by atoms with Gasteiger partial charge in [-0.2, -0.15) is 5.10 Å². The fourth-order valence-electron chi connectivity index (χ4n) is 2.94. The van der Waals surface area contributed by atoms with Crippen molar-refractivity contribution < 1.29 is 0 Å². The van der Waals surface area contributed by atoms with Gasteiger partial charge < -0.3 is 4.57 Å². The third kappa shape index (κ3) is 1.74. The molecule has 2 heterocycles. The molecule has 0 amide bonds. The number of aryl methyl sites for hydroxylation is 2. The molecule has 4 aromatic rings. The SMILES string of the molecule is Cc1ccc(-c2nncc3c4ccccc4n(C)c23)cc1. The maximum absolute atomic E-state index is 4.39. The predicted molar refractivity (Wildman–Crippen MR) is 86.2 cm³/mol. The van der Waals surface area contributed by atoms with Gasteiger partial charge in [0.1, 0.15) is 5.69 Å². The molecule has 0 aliphatic heterocycles. The minimum absolute atomic E-state index is 0.936. The molecule has 0 bridgehead atoms. The summed E-state index contributed by atoms with van der Waals surface area (Å²) in [4.78, 5) is 0. The number of para-hydroxylation sites is 1.